The summed E-state index contributed by atoms with van der Waals surface area (Å²) >= 11 is 12.7. The Morgan fingerprint density at radius 1 is 1.03 bits per heavy atom. The molecular weight excluding hydrogens is 405 g/mol. The van der Waals surface area contributed by atoms with E-state index in [0.717, 1.165) is 54.6 Å². The molecule has 2 aromatic carbocycles. The Morgan fingerprint density at radius 3 is 2.79 bits per heavy atom. The molecule has 1 aliphatic heterocycles. The smallest absolute Gasteiger partial charge is 0.145 e. The van der Waals surface area contributed by atoms with Gasteiger partial charge in [0.05, 0.1) is 22.1 Å². The molecule has 148 valence electrons. The van der Waals surface area contributed by atoms with E-state index in [1.165, 1.54) is 16.6 Å². The number of pyridine rings is 1. The summed E-state index contributed by atoms with van der Waals surface area (Å²) in [5.41, 5.74) is 4.74. The Labute approximate surface area is 179 Å². The van der Waals surface area contributed by atoms with Gasteiger partial charge in [-0.05, 0) is 42.8 Å². The van der Waals surface area contributed by atoms with Crippen molar-refractivity contribution in [2.75, 3.05) is 19.7 Å². The molecule has 6 heteroatoms. The van der Waals surface area contributed by atoms with Crippen LogP contribution in [0.4, 0.5) is 0 Å². The van der Waals surface area contributed by atoms with Crippen molar-refractivity contribution in [3.8, 4) is 5.75 Å². The van der Waals surface area contributed by atoms with Gasteiger partial charge in [0.1, 0.15) is 17.9 Å². The van der Waals surface area contributed by atoms with Crippen LogP contribution in [0, 0.1) is 0 Å². The summed E-state index contributed by atoms with van der Waals surface area (Å²) < 4.78 is 8.51. The fraction of sp³-hybridized carbons (Fsp3) is 0.261. The summed E-state index contributed by atoms with van der Waals surface area (Å²) in [5, 5.41) is 6.96. The molecule has 4 nitrogen and oxygen atoms in total. The van der Waals surface area contributed by atoms with Crippen molar-refractivity contribution in [3.63, 3.8) is 0 Å². The predicted molar refractivity (Wildman–Crippen MR) is 119 cm³/mol. The van der Waals surface area contributed by atoms with Crippen LogP contribution in [-0.2, 0) is 19.4 Å². The number of rotatable bonds is 4. The molecule has 1 N–H and O–H groups in total. The molecule has 0 unspecified atom stereocenters. The van der Waals surface area contributed by atoms with Crippen molar-refractivity contribution < 1.29 is 4.74 Å². The van der Waals surface area contributed by atoms with Crippen molar-refractivity contribution in [1.29, 1.82) is 0 Å². The number of para-hydroxylation sites is 1. The van der Waals surface area contributed by atoms with Crippen LogP contribution in [0.15, 0.2) is 48.7 Å². The summed E-state index contributed by atoms with van der Waals surface area (Å²) in [6.07, 6.45) is 3.77. The van der Waals surface area contributed by atoms with Crippen LogP contribution >= 0.6 is 23.2 Å². The Bertz CT molecular complexity index is 1200. The molecule has 0 saturated heterocycles. The van der Waals surface area contributed by atoms with Gasteiger partial charge in [-0.2, -0.15) is 0 Å². The van der Waals surface area contributed by atoms with Gasteiger partial charge < -0.3 is 14.6 Å². The number of aromatic nitrogens is 2. The van der Waals surface area contributed by atoms with E-state index in [9.17, 15) is 0 Å². The maximum Gasteiger partial charge on any atom is 0.145 e. The number of nitrogens with zero attached hydrogens (tertiary/aromatic N) is 2. The van der Waals surface area contributed by atoms with E-state index >= 15 is 0 Å². The normalized spacial score (nSPS) is 14.1. The van der Waals surface area contributed by atoms with Crippen LogP contribution in [0.2, 0.25) is 10.0 Å². The van der Waals surface area contributed by atoms with Gasteiger partial charge in [-0.1, -0.05) is 41.4 Å². The second kappa shape index (κ2) is 7.86. The van der Waals surface area contributed by atoms with E-state index in [0.29, 0.717) is 16.7 Å². The SMILES string of the molecule is Clc1cc2c3c(n(CCOc4cccc5cccnc45)c2cc1Cl)CCNCC3. The largest absolute Gasteiger partial charge is 0.489 e. The first-order valence-corrected chi connectivity index (χ1v) is 10.6. The number of fused-ring (bicyclic) bond motifs is 4. The van der Waals surface area contributed by atoms with Gasteiger partial charge in [-0.15, -0.1) is 0 Å². The molecule has 0 spiro atoms. The number of halogens is 2. The lowest BCUT2D eigenvalue weighted by molar-refractivity contribution is 0.301. The zero-order valence-corrected chi connectivity index (χ0v) is 17.4. The average Bonchev–Trinajstić information content (AvgIpc) is 2.88. The molecule has 0 bridgehead atoms. The summed E-state index contributed by atoms with van der Waals surface area (Å²) in [6, 6.07) is 14.0. The quantitative estimate of drug-likeness (QED) is 0.484. The van der Waals surface area contributed by atoms with E-state index in [1.54, 1.807) is 6.20 Å². The molecule has 0 aliphatic carbocycles. The van der Waals surface area contributed by atoms with Crippen molar-refractivity contribution in [3.05, 3.63) is 70.0 Å². The Kier molecular flexibility index (Phi) is 5.08. The molecule has 0 amide bonds. The maximum absolute atomic E-state index is 6.35. The van der Waals surface area contributed by atoms with Gasteiger partial charge in [0.2, 0.25) is 0 Å². The Morgan fingerprint density at radius 2 is 1.86 bits per heavy atom. The van der Waals surface area contributed by atoms with Gasteiger partial charge in [-0.25, -0.2) is 0 Å². The molecular formula is C23H21Cl2N3O. The molecule has 0 atom stereocenters. The summed E-state index contributed by atoms with van der Waals surface area (Å²) in [5.74, 6) is 0.813. The average molecular weight is 426 g/mol. The third kappa shape index (κ3) is 3.46. The highest BCUT2D eigenvalue weighted by molar-refractivity contribution is 6.42. The molecule has 0 saturated carbocycles. The zero-order valence-electron chi connectivity index (χ0n) is 15.9. The number of hydrogen-bond acceptors (Lipinski definition) is 3. The van der Waals surface area contributed by atoms with Gasteiger partial charge >= 0.3 is 0 Å². The van der Waals surface area contributed by atoms with Crippen LogP contribution in [0.1, 0.15) is 11.3 Å². The third-order valence-electron chi connectivity index (χ3n) is 5.59. The minimum absolute atomic E-state index is 0.555. The lowest BCUT2D eigenvalue weighted by Gasteiger charge is -2.13. The zero-order chi connectivity index (χ0) is 19.8. The molecule has 3 heterocycles. The Balaban J connectivity index is 1.48. The first-order valence-electron chi connectivity index (χ1n) is 9.88. The Hall–Kier alpha value is -2.27. The van der Waals surface area contributed by atoms with Crippen LogP contribution in [0.3, 0.4) is 0 Å². The molecule has 0 radical (unpaired) electrons. The first kappa shape index (κ1) is 18.7. The fourth-order valence-corrected chi connectivity index (χ4v) is 4.59. The number of hydrogen-bond donors (Lipinski definition) is 1. The van der Waals surface area contributed by atoms with Crippen molar-refractivity contribution >= 4 is 45.0 Å². The van der Waals surface area contributed by atoms with Crippen LogP contribution < -0.4 is 10.1 Å². The van der Waals surface area contributed by atoms with E-state index < -0.39 is 0 Å². The van der Waals surface area contributed by atoms with E-state index in [2.05, 4.69) is 14.9 Å². The summed E-state index contributed by atoms with van der Waals surface area (Å²) in [7, 11) is 0. The maximum atomic E-state index is 6.35. The molecule has 29 heavy (non-hydrogen) atoms. The van der Waals surface area contributed by atoms with E-state index in [-0.39, 0.29) is 0 Å². The van der Waals surface area contributed by atoms with Crippen molar-refractivity contribution in [2.45, 2.75) is 19.4 Å². The number of benzene rings is 2. The number of nitrogens with one attached hydrogen (secondary N) is 1. The topological polar surface area (TPSA) is 39.1 Å². The highest BCUT2D eigenvalue weighted by Gasteiger charge is 2.20. The van der Waals surface area contributed by atoms with E-state index in [4.69, 9.17) is 27.9 Å². The minimum atomic E-state index is 0.555. The third-order valence-corrected chi connectivity index (χ3v) is 6.31. The molecule has 0 fully saturated rings. The van der Waals surface area contributed by atoms with Crippen LogP contribution in [0.25, 0.3) is 21.8 Å². The lowest BCUT2D eigenvalue weighted by Crippen LogP contribution is -2.18. The standard InChI is InChI=1S/C23H21Cl2N3O/c24-18-13-17-16-6-9-26-10-7-20(16)28(21(17)14-19(18)25)11-12-29-22-5-1-3-15-4-2-8-27-23(15)22/h1-5,8,13-14,26H,6-7,9-12H2. The highest BCUT2D eigenvalue weighted by Crippen LogP contribution is 2.34. The lowest BCUT2D eigenvalue weighted by atomic mass is 10.1. The molecule has 4 aromatic rings. The van der Waals surface area contributed by atoms with Crippen LogP contribution in [0.5, 0.6) is 5.75 Å². The first-order chi connectivity index (χ1) is 14.2. The second-order valence-corrected chi connectivity index (χ2v) is 8.10. The van der Waals surface area contributed by atoms with Gasteiger partial charge in [0.15, 0.2) is 0 Å². The summed E-state index contributed by atoms with van der Waals surface area (Å²) in [6.45, 7) is 3.25. The van der Waals surface area contributed by atoms with Crippen molar-refractivity contribution in [1.82, 2.24) is 14.9 Å². The highest BCUT2D eigenvalue weighted by atomic mass is 35.5. The monoisotopic (exact) mass is 425 g/mol. The van der Waals surface area contributed by atoms with Gasteiger partial charge in [0, 0.05) is 35.6 Å². The van der Waals surface area contributed by atoms with Gasteiger partial charge in [0.25, 0.3) is 0 Å². The van der Waals surface area contributed by atoms with E-state index in [1.807, 2.05) is 42.5 Å². The second-order valence-electron chi connectivity index (χ2n) is 7.29. The van der Waals surface area contributed by atoms with Crippen LogP contribution in [-0.4, -0.2) is 29.2 Å². The van der Waals surface area contributed by atoms with Crippen molar-refractivity contribution in [2.24, 2.45) is 0 Å². The van der Waals surface area contributed by atoms with Gasteiger partial charge in [-0.3, -0.25) is 4.98 Å². The summed E-state index contributed by atoms with van der Waals surface area (Å²) in [4.78, 5) is 4.48. The minimum Gasteiger partial charge on any atom is -0.489 e. The predicted octanol–water partition coefficient (Wildman–Crippen LogP) is 5.26. The molecule has 5 rings (SSSR count). The molecule has 1 aliphatic rings. The number of ether oxygens (including phenoxy) is 1. The fourth-order valence-electron chi connectivity index (χ4n) is 4.27. The molecule has 2 aromatic heterocycles.